The Morgan fingerprint density at radius 2 is 2.11 bits per heavy atom. The van der Waals surface area contributed by atoms with Crippen LogP contribution in [0.1, 0.15) is 29.6 Å². The first-order valence-corrected chi connectivity index (χ1v) is 5.96. The number of carbonyl (C=O) groups excluding carboxylic acids is 2. The van der Waals surface area contributed by atoms with Gasteiger partial charge in [0.05, 0.1) is 18.4 Å². The van der Waals surface area contributed by atoms with Crippen LogP contribution >= 0.6 is 0 Å². The molecule has 0 saturated heterocycles. The monoisotopic (exact) mass is 268 g/mol. The summed E-state index contributed by atoms with van der Waals surface area (Å²) in [4.78, 5) is 22.9. The number of hydrogen-bond donors (Lipinski definition) is 2. The van der Waals surface area contributed by atoms with Crippen LogP contribution in [-0.4, -0.2) is 25.5 Å². The smallest absolute Gasteiger partial charge is 0.337 e. The van der Waals surface area contributed by atoms with Gasteiger partial charge in [0, 0.05) is 6.42 Å². The molecule has 0 unspecified atom stereocenters. The number of nitrogens with two attached hydrogens (primary N) is 1. The minimum Gasteiger partial charge on any atom is -0.465 e. The molecule has 104 valence electrons. The lowest BCUT2D eigenvalue weighted by Gasteiger charge is -2.08. The molecule has 1 amide bonds. The van der Waals surface area contributed by atoms with E-state index in [-0.39, 0.29) is 23.6 Å². The van der Waals surface area contributed by atoms with E-state index in [9.17, 15) is 14.0 Å². The van der Waals surface area contributed by atoms with Crippen LogP contribution in [0, 0.1) is 5.82 Å². The van der Waals surface area contributed by atoms with Gasteiger partial charge in [-0.3, -0.25) is 4.79 Å². The fourth-order valence-electron chi connectivity index (χ4n) is 1.51. The van der Waals surface area contributed by atoms with Crippen LogP contribution in [0.15, 0.2) is 18.2 Å². The lowest BCUT2D eigenvalue weighted by molar-refractivity contribution is -0.116. The maximum atomic E-state index is 13.5. The average Bonchev–Trinajstić information content (AvgIpc) is 2.40. The van der Waals surface area contributed by atoms with Gasteiger partial charge in [0.1, 0.15) is 5.82 Å². The highest BCUT2D eigenvalue weighted by molar-refractivity contribution is 5.94. The molecule has 3 N–H and O–H groups in total. The summed E-state index contributed by atoms with van der Waals surface area (Å²) < 4.78 is 18.0. The van der Waals surface area contributed by atoms with Gasteiger partial charge >= 0.3 is 5.97 Å². The number of halogens is 1. The number of benzene rings is 1. The molecule has 0 heterocycles. The highest BCUT2D eigenvalue weighted by atomic mass is 19.1. The van der Waals surface area contributed by atoms with Crippen LogP contribution in [-0.2, 0) is 9.53 Å². The molecule has 1 aromatic rings. The van der Waals surface area contributed by atoms with Crippen molar-refractivity contribution < 1.29 is 18.7 Å². The quantitative estimate of drug-likeness (QED) is 0.607. The maximum Gasteiger partial charge on any atom is 0.337 e. The van der Waals surface area contributed by atoms with Crippen molar-refractivity contribution in [2.75, 3.05) is 19.0 Å². The second-order valence-electron chi connectivity index (χ2n) is 3.98. The first-order valence-electron chi connectivity index (χ1n) is 5.96. The molecule has 1 rings (SSSR count). The predicted molar refractivity (Wildman–Crippen MR) is 69.3 cm³/mol. The Morgan fingerprint density at radius 3 is 2.74 bits per heavy atom. The summed E-state index contributed by atoms with van der Waals surface area (Å²) in [7, 11) is 1.23. The standard InChI is InChI=1S/C13H17FN2O3/c1-19-13(18)9-5-6-10(14)11(8-9)16-12(17)4-2-3-7-15/h5-6,8H,2-4,7,15H2,1H3,(H,16,17). The van der Waals surface area contributed by atoms with E-state index in [1.807, 2.05) is 0 Å². The van der Waals surface area contributed by atoms with E-state index in [1.54, 1.807) is 0 Å². The van der Waals surface area contributed by atoms with E-state index in [2.05, 4.69) is 10.1 Å². The van der Waals surface area contributed by atoms with Crippen molar-refractivity contribution in [2.45, 2.75) is 19.3 Å². The molecule has 5 nitrogen and oxygen atoms in total. The molecule has 0 aliphatic heterocycles. The summed E-state index contributed by atoms with van der Waals surface area (Å²) >= 11 is 0. The fraction of sp³-hybridized carbons (Fsp3) is 0.385. The maximum absolute atomic E-state index is 13.5. The normalized spacial score (nSPS) is 10.1. The molecule has 6 heteroatoms. The van der Waals surface area contributed by atoms with Gasteiger partial charge in [-0.1, -0.05) is 0 Å². The summed E-state index contributed by atoms with van der Waals surface area (Å²) in [6.07, 6.45) is 1.64. The van der Waals surface area contributed by atoms with E-state index in [0.717, 1.165) is 12.5 Å². The van der Waals surface area contributed by atoms with Crippen molar-refractivity contribution in [1.29, 1.82) is 0 Å². The van der Waals surface area contributed by atoms with Gasteiger partial charge in [-0.25, -0.2) is 9.18 Å². The molecule has 0 saturated carbocycles. The summed E-state index contributed by atoms with van der Waals surface area (Å²) in [5.74, 6) is -1.49. The summed E-state index contributed by atoms with van der Waals surface area (Å²) in [6, 6.07) is 3.66. The van der Waals surface area contributed by atoms with Crippen LogP contribution in [0.2, 0.25) is 0 Å². The van der Waals surface area contributed by atoms with Crippen LogP contribution in [0.3, 0.4) is 0 Å². The minimum absolute atomic E-state index is 0.0272. The van der Waals surface area contributed by atoms with E-state index in [1.165, 1.54) is 19.2 Å². The van der Waals surface area contributed by atoms with Crippen LogP contribution in [0.25, 0.3) is 0 Å². The number of unbranched alkanes of at least 4 members (excludes halogenated alkanes) is 1. The van der Waals surface area contributed by atoms with Crippen LogP contribution < -0.4 is 11.1 Å². The molecule has 0 fully saturated rings. The predicted octanol–water partition coefficient (Wildman–Crippen LogP) is 1.68. The summed E-state index contributed by atoms with van der Waals surface area (Å²) in [5.41, 5.74) is 5.47. The Labute approximate surface area is 110 Å². The Balaban J connectivity index is 2.71. The largest absolute Gasteiger partial charge is 0.465 e. The highest BCUT2D eigenvalue weighted by Gasteiger charge is 2.11. The molecule has 0 aliphatic rings. The molecular formula is C13H17FN2O3. The molecule has 0 aliphatic carbocycles. The molecular weight excluding hydrogens is 251 g/mol. The van der Waals surface area contributed by atoms with Crippen molar-refractivity contribution in [3.05, 3.63) is 29.6 Å². The average molecular weight is 268 g/mol. The van der Waals surface area contributed by atoms with Crippen molar-refractivity contribution in [3.63, 3.8) is 0 Å². The zero-order valence-electron chi connectivity index (χ0n) is 10.7. The third-order valence-electron chi connectivity index (χ3n) is 2.52. The lowest BCUT2D eigenvalue weighted by atomic mass is 10.2. The molecule has 0 atom stereocenters. The number of hydrogen-bond acceptors (Lipinski definition) is 4. The number of methoxy groups -OCH3 is 1. The van der Waals surface area contributed by atoms with E-state index >= 15 is 0 Å². The number of rotatable bonds is 6. The first kappa shape index (κ1) is 15.1. The number of esters is 1. The summed E-state index contributed by atoms with van der Waals surface area (Å²) in [5, 5.41) is 2.43. The second-order valence-corrected chi connectivity index (χ2v) is 3.98. The van der Waals surface area contributed by atoms with Crippen molar-refractivity contribution in [2.24, 2.45) is 5.73 Å². The van der Waals surface area contributed by atoms with E-state index in [0.29, 0.717) is 13.0 Å². The van der Waals surface area contributed by atoms with Gasteiger partial charge in [-0.05, 0) is 37.6 Å². The number of nitrogens with one attached hydrogen (secondary N) is 1. The zero-order valence-corrected chi connectivity index (χ0v) is 10.7. The number of carbonyl (C=O) groups is 2. The summed E-state index contributed by atoms with van der Waals surface area (Å²) in [6.45, 7) is 0.513. The van der Waals surface area contributed by atoms with Gasteiger partial charge in [-0.15, -0.1) is 0 Å². The Morgan fingerprint density at radius 1 is 1.37 bits per heavy atom. The molecule has 0 bridgehead atoms. The number of amides is 1. The Kier molecular flexibility index (Phi) is 5.95. The molecule has 1 aromatic carbocycles. The van der Waals surface area contributed by atoms with Crippen LogP contribution in [0.4, 0.5) is 10.1 Å². The van der Waals surface area contributed by atoms with Gasteiger partial charge in [0.25, 0.3) is 0 Å². The van der Waals surface area contributed by atoms with E-state index < -0.39 is 11.8 Å². The van der Waals surface area contributed by atoms with E-state index in [4.69, 9.17) is 5.73 Å². The third kappa shape index (κ3) is 4.67. The topological polar surface area (TPSA) is 81.4 Å². The van der Waals surface area contributed by atoms with Crippen LogP contribution in [0.5, 0.6) is 0 Å². The lowest BCUT2D eigenvalue weighted by Crippen LogP contribution is -2.14. The van der Waals surface area contributed by atoms with Crippen molar-refractivity contribution in [1.82, 2.24) is 0 Å². The SMILES string of the molecule is COC(=O)c1ccc(F)c(NC(=O)CCCCN)c1. The van der Waals surface area contributed by atoms with Crippen molar-refractivity contribution >= 4 is 17.6 Å². The van der Waals surface area contributed by atoms with Gasteiger partial charge in [0.2, 0.25) is 5.91 Å². The molecule has 19 heavy (non-hydrogen) atoms. The Hall–Kier alpha value is -1.95. The molecule has 0 radical (unpaired) electrons. The number of ether oxygens (including phenoxy) is 1. The Bertz CT molecular complexity index is 463. The van der Waals surface area contributed by atoms with Gasteiger partial charge in [-0.2, -0.15) is 0 Å². The highest BCUT2D eigenvalue weighted by Crippen LogP contribution is 2.17. The number of anilines is 1. The van der Waals surface area contributed by atoms with Crippen molar-refractivity contribution in [3.8, 4) is 0 Å². The first-order chi connectivity index (χ1) is 9.08. The zero-order chi connectivity index (χ0) is 14.3. The molecule has 0 aromatic heterocycles. The van der Waals surface area contributed by atoms with Gasteiger partial charge in [0.15, 0.2) is 0 Å². The fourth-order valence-corrected chi connectivity index (χ4v) is 1.51. The van der Waals surface area contributed by atoms with Gasteiger partial charge < -0.3 is 15.8 Å². The second kappa shape index (κ2) is 7.48. The minimum atomic E-state index is -0.597. The third-order valence-corrected chi connectivity index (χ3v) is 2.52. The molecule has 0 spiro atoms.